The third-order valence-electron chi connectivity index (χ3n) is 4.55. The van der Waals surface area contributed by atoms with Crippen LogP contribution >= 0.6 is 0 Å². The van der Waals surface area contributed by atoms with Crippen LogP contribution in [0, 0.1) is 29.6 Å². The van der Waals surface area contributed by atoms with Gasteiger partial charge in [-0.1, -0.05) is 27.2 Å². The third kappa shape index (κ3) is 4.84. The fraction of sp³-hybridized carbons (Fsp3) is 0.867. The number of aliphatic carboxylic acids is 2. The van der Waals surface area contributed by atoms with Crippen LogP contribution in [0.3, 0.4) is 0 Å². The minimum atomic E-state index is -0.882. The largest absolute Gasteiger partial charge is 0.481 e. The Labute approximate surface area is 115 Å². The van der Waals surface area contributed by atoms with Crippen LogP contribution in [0.25, 0.3) is 0 Å². The van der Waals surface area contributed by atoms with Crippen LogP contribution in [0.5, 0.6) is 0 Å². The molecule has 1 fully saturated rings. The van der Waals surface area contributed by atoms with Crippen molar-refractivity contribution in [2.24, 2.45) is 29.6 Å². The van der Waals surface area contributed by atoms with Crippen LogP contribution in [0.15, 0.2) is 0 Å². The van der Waals surface area contributed by atoms with Gasteiger partial charge in [-0.25, -0.2) is 0 Å². The lowest BCUT2D eigenvalue weighted by Gasteiger charge is -2.41. The van der Waals surface area contributed by atoms with E-state index in [2.05, 4.69) is 20.8 Å². The minimum absolute atomic E-state index is 0.0209. The van der Waals surface area contributed by atoms with Crippen molar-refractivity contribution in [3.05, 3.63) is 0 Å². The summed E-state index contributed by atoms with van der Waals surface area (Å²) in [5, 5.41) is 18.1. The van der Waals surface area contributed by atoms with E-state index in [1.807, 2.05) is 0 Å². The van der Waals surface area contributed by atoms with Crippen LogP contribution in [0.1, 0.15) is 52.9 Å². The van der Waals surface area contributed by atoms with Gasteiger partial charge < -0.3 is 10.2 Å². The Morgan fingerprint density at radius 3 is 2.00 bits per heavy atom. The number of carboxylic acid groups (broad SMARTS) is 2. The van der Waals surface area contributed by atoms with Gasteiger partial charge in [0.1, 0.15) is 0 Å². The maximum Gasteiger partial charge on any atom is 0.303 e. The maximum absolute atomic E-state index is 11.0. The molecule has 1 aliphatic rings. The SMILES string of the molecule is CC1CCC(C(C)C)C(C(CC(=O)O)CC(=O)O)C1. The molecule has 0 aromatic carbocycles. The van der Waals surface area contributed by atoms with Crippen LogP contribution in [-0.2, 0) is 9.59 Å². The van der Waals surface area contributed by atoms with Gasteiger partial charge in [0.15, 0.2) is 0 Å². The molecule has 0 aliphatic heterocycles. The van der Waals surface area contributed by atoms with E-state index in [4.69, 9.17) is 10.2 Å². The van der Waals surface area contributed by atoms with Crippen molar-refractivity contribution in [3.63, 3.8) is 0 Å². The fourth-order valence-corrected chi connectivity index (χ4v) is 3.64. The summed E-state index contributed by atoms with van der Waals surface area (Å²) in [5.74, 6) is -0.243. The average molecular weight is 270 g/mol. The molecule has 0 spiro atoms. The fourth-order valence-electron chi connectivity index (χ4n) is 3.64. The maximum atomic E-state index is 11.0. The lowest BCUT2D eigenvalue weighted by molar-refractivity contribution is -0.142. The Hall–Kier alpha value is -1.06. The third-order valence-corrected chi connectivity index (χ3v) is 4.55. The number of hydrogen-bond acceptors (Lipinski definition) is 2. The zero-order valence-electron chi connectivity index (χ0n) is 12.1. The molecule has 0 aromatic heterocycles. The highest BCUT2D eigenvalue weighted by Crippen LogP contribution is 2.43. The van der Waals surface area contributed by atoms with E-state index in [0.29, 0.717) is 17.8 Å². The Kier molecular flexibility index (Phi) is 5.83. The van der Waals surface area contributed by atoms with Crippen LogP contribution in [-0.4, -0.2) is 22.2 Å². The van der Waals surface area contributed by atoms with Gasteiger partial charge in [0.2, 0.25) is 0 Å². The van der Waals surface area contributed by atoms with Crippen molar-refractivity contribution in [1.82, 2.24) is 0 Å². The molecule has 0 saturated heterocycles. The van der Waals surface area contributed by atoms with E-state index in [1.165, 1.54) is 6.42 Å². The second kappa shape index (κ2) is 6.92. The number of carbonyl (C=O) groups is 2. The first kappa shape index (κ1) is 16.0. The molecular formula is C15H26O4. The van der Waals surface area contributed by atoms with Crippen molar-refractivity contribution in [2.45, 2.75) is 52.9 Å². The summed E-state index contributed by atoms with van der Waals surface area (Å²) in [7, 11) is 0. The minimum Gasteiger partial charge on any atom is -0.481 e. The second-order valence-corrected chi connectivity index (χ2v) is 6.45. The quantitative estimate of drug-likeness (QED) is 0.776. The summed E-state index contributed by atoms with van der Waals surface area (Å²) < 4.78 is 0. The first-order valence-electron chi connectivity index (χ1n) is 7.24. The molecule has 1 aliphatic carbocycles. The summed E-state index contributed by atoms with van der Waals surface area (Å²) in [6.45, 7) is 6.50. The van der Waals surface area contributed by atoms with E-state index < -0.39 is 11.9 Å². The summed E-state index contributed by atoms with van der Waals surface area (Å²) in [4.78, 5) is 22.0. The first-order chi connectivity index (χ1) is 8.81. The van der Waals surface area contributed by atoms with Gasteiger partial charge in [-0.15, -0.1) is 0 Å². The van der Waals surface area contributed by atoms with Gasteiger partial charge in [0, 0.05) is 12.8 Å². The van der Waals surface area contributed by atoms with Gasteiger partial charge in [-0.3, -0.25) is 9.59 Å². The van der Waals surface area contributed by atoms with Crippen molar-refractivity contribution >= 4 is 11.9 Å². The molecule has 0 radical (unpaired) electrons. The molecule has 2 N–H and O–H groups in total. The van der Waals surface area contributed by atoms with Crippen molar-refractivity contribution < 1.29 is 19.8 Å². The van der Waals surface area contributed by atoms with Crippen LogP contribution in [0.4, 0.5) is 0 Å². The Balaban J connectivity index is 2.86. The molecule has 19 heavy (non-hydrogen) atoms. The molecule has 1 rings (SSSR count). The van der Waals surface area contributed by atoms with Crippen LogP contribution < -0.4 is 0 Å². The highest BCUT2D eigenvalue weighted by Gasteiger charge is 2.37. The molecule has 0 amide bonds. The van der Waals surface area contributed by atoms with Gasteiger partial charge in [-0.05, 0) is 42.4 Å². The van der Waals surface area contributed by atoms with E-state index in [0.717, 1.165) is 12.8 Å². The van der Waals surface area contributed by atoms with Crippen LogP contribution in [0.2, 0.25) is 0 Å². The van der Waals surface area contributed by atoms with E-state index >= 15 is 0 Å². The Morgan fingerprint density at radius 1 is 1.05 bits per heavy atom. The van der Waals surface area contributed by atoms with Crippen molar-refractivity contribution in [1.29, 1.82) is 0 Å². The topological polar surface area (TPSA) is 74.6 Å². The first-order valence-corrected chi connectivity index (χ1v) is 7.24. The molecular weight excluding hydrogens is 244 g/mol. The molecule has 1 saturated carbocycles. The van der Waals surface area contributed by atoms with Gasteiger partial charge in [-0.2, -0.15) is 0 Å². The predicted octanol–water partition coefficient (Wildman–Crippen LogP) is 3.26. The summed E-state index contributed by atoms with van der Waals surface area (Å²) in [5.41, 5.74) is 0. The molecule has 3 atom stereocenters. The lowest BCUT2D eigenvalue weighted by atomic mass is 9.64. The van der Waals surface area contributed by atoms with Crippen molar-refractivity contribution in [3.8, 4) is 0 Å². The van der Waals surface area contributed by atoms with Crippen molar-refractivity contribution in [2.75, 3.05) is 0 Å². The van der Waals surface area contributed by atoms with Gasteiger partial charge in [0.25, 0.3) is 0 Å². The molecule has 0 bridgehead atoms. The van der Waals surface area contributed by atoms with E-state index in [9.17, 15) is 9.59 Å². The zero-order valence-corrected chi connectivity index (χ0v) is 12.1. The molecule has 0 aromatic rings. The highest BCUT2D eigenvalue weighted by atomic mass is 16.4. The second-order valence-electron chi connectivity index (χ2n) is 6.45. The smallest absolute Gasteiger partial charge is 0.303 e. The molecule has 4 heteroatoms. The summed E-state index contributed by atoms with van der Waals surface area (Å²) in [6.07, 6.45) is 3.19. The number of carboxylic acids is 2. The zero-order chi connectivity index (χ0) is 14.6. The Bertz CT molecular complexity index is 308. The Morgan fingerprint density at radius 2 is 1.58 bits per heavy atom. The predicted molar refractivity (Wildman–Crippen MR) is 72.8 cm³/mol. The van der Waals surface area contributed by atoms with E-state index in [1.54, 1.807) is 0 Å². The average Bonchev–Trinajstić information content (AvgIpc) is 2.26. The monoisotopic (exact) mass is 270 g/mol. The molecule has 3 unspecified atom stereocenters. The van der Waals surface area contributed by atoms with Gasteiger partial charge >= 0.3 is 11.9 Å². The normalized spacial score (nSPS) is 27.7. The number of hydrogen-bond donors (Lipinski definition) is 2. The lowest BCUT2D eigenvalue weighted by Crippen LogP contribution is -2.35. The van der Waals surface area contributed by atoms with E-state index in [-0.39, 0.29) is 24.7 Å². The number of rotatable bonds is 6. The highest BCUT2D eigenvalue weighted by molar-refractivity contribution is 5.70. The molecule has 0 heterocycles. The standard InChI is InChI=1S/C15H26O4/c1-9(2)12-5-4-10(3)6-13(12)11(7-14(16)17)8-15(18)19/h9-13H,4-8H2,1-3H3,(H,16,17)(H,18,19). The molecule has 4 nitrogen and oxygen atoms in total. The summed E-state index contributed by atoms with van der Waals surface area (Å²) >= 11 is 0. The molecule has 110 valence electrons. The van der Waals surface area contributed by atoms with Gasteiger partial charge in [0.05, 0.1) is 0 Å². The summed E-state index contributed by atoms with van der Waals surface area (Å²) in [6, 6.07) is 0.